The lowest BCUT2D eigenvalue weighted by atomic mass is 10.3. The number of methoxy groups -OCH3 is 1. The molecule has 1 rings (SSSR count). The van der Waals surface area contributed by atoms with Gasteiger partial charge >= 0.3 is 6.03 Å². The molecule has 0 fully saturated rings. The van der Waals surface area contributed by atoms with Gasteiger partial charge in [0.2, 0.25) is 0 Å². The third kappa shape index (κ3) is 3.62. The number of nitrogens with two attached hydrogens (primary N) is 1. The number of benzene rings is 1. The second kappa shape index (κ2) is 5.76. The van der Waals surface area contributed by atoms with Crippen LogP contribution in [0.2, 0.25) is 0 Å². The molecule has 5 N–H and O–H groups in total. The summed E-state index contributed by atoms with van der Waals surface area (Å²) in [4.78, 5) is 11.3. The maximum absolute atomic E-state index is 11.3. The van der Waals surface area contributed by atoms with Crippen LogP contribution < -0.4 is 26.6 Å². The summed E-state index contributed by atoms with van der Waals surface area (Å²) in [5.41, 5.74) is 10.3. The highest BCUT2D eigenvalue weighted by Crippen LogP contribution is 2.22. The molecule has 0 heterocycles. The SMILES string of the molecule is COc1ccccc1NC(=O)NNC(N)=S. The van der Waals surface area contributed by atoms with Crippen molar-refractivity contribution in [2.24, 2.45) is 5.73 Å². The average molecular weight is 240 g/mol. The second-order valence-electron chi connectivity index (χ2n) is 2.77. The minimum absolute atomic E-state index is 0.0184. The van der Waals surface area contributed by atoms with Crippen molar-refractivity contribution in [1.82, 2.24) is 10.9 Å². The van der Waals surface area contributed by atoms with E-state index in [9.17, 15) is 4.79 Å². The van der Waals surface area contributed by atoms with Gasteiger partial charge in [-0.25, -0.2) is 10.2 Å². The Morgan fingerprint density at radius 3 is 2.69 bits per heavy atom. The van der Waals surface area contributed by atoms with E-state index in [0.29, 0.717) is 11.4 Å². The number of rotatable bonds is 2. The number of para-hydroxylation sites is 2. The van der Waals surface area contributed by atoms with E-state index in [1.54, 1.807) is 24.3 Å². The van der Waals surface area contributed by atoms with Gasteiger partial charge in [0.25, 0.3) is 0 Å². The summed E-state index contributed by atoms with van der Waals surface area (Å²) in [6, 6.07) is 6.53. The standard InChI is InChI=1S/C9H12N4O2S/c1-15-7-5-3-2-4-6(7)11-9(14)13-12-8(10)16/h2-5H,1H3,(H3,10,12,16)(H2,11,13,14). The second-order valence-corrected chi connectivity index (χ2v) is 3.21. The number of nitrogens with one attached hydrogen (secondary N) is 3. The van der Waals surface area contributed by atoms with Crippen LogP contribution in [0.1, 0.15) is 0 Å². The molecular weight excluding hydrogens is 228 g/mol. The predicted octanol–water partition coefficient (Wildman–Crippen LogP) is 0.565. The van der Waals surface area contributed by atoms with Crippen LogP contribution in [0.3, 0.4) is 0 Å². The smallest absolute Gasteiger partial charge is 0.338 e. The van der Waals surface area contributed by atoms with Gasteiger partial charge in [-0.2, -0.15) is 0 Å². The molecule has 7 heteroatoms. The first kappa shape index (κ1) is 12.1. The molecule has 2 amide bonds. The van der Waals surface area contributed by atoms with Crippen LogP contribution in [0, 0.1) is 0 Å². The van der Waals surface area contributed by atoms with E-state index < -0.39 is 6.03 Å². The van der Waals surface area contributed by atoms with Crippen LogP contribution in [-0.4, -0.2) is 18.3 Å². The van der Waals surface area contributed by atoms with Gasteiger partial charge in [-0.3, -0.25) is 5.43 Å². The average Bonchev–Trinajstić information content (AvgIpc) is 2.27. The molecule has 1 aromatic rings. The largest absolute Gasteiger partial charge is 0.495 e. The van der Waals surface area contributed by atoms with Crippen LogP contribution in [0.15, 0.2) is 24.3 Å². The Balaban J connectivity index is 2.58. The quantitative estimate of drug-likeness (QED) is 0.448. The van der Waals surface area contributed by atoms with E-state index >= 15 is 0 Å². The molecular formula is C9H12N4O2S. The summed E-state index contributed by atoms with van der Waals surface area (Å²) < 4.78 is 5.06. The summed E-state index contributed by atoms with van der Waals surface area (Å²) in [6.45, 7) is 0. The minimum Gasteiger partial charge on any atom is -0.495 e. The first-order valence-electron chi connectivity index (χ1n) is 4.39. The van der Waals surface area contributed by atoms with Crippen molar-refractivity contribution in [3.05, 3.63) is 24.3 Å². The molecule has 0 saturated carbocycles. The number of hydrazine groups is 1. The highest BCUT2D eigenvalue weighted by molar-refractivity contribution is 7.80. The zero-order valence-electron chi connectivity index (χ0n) is 8.61. The summed E-state index contributed by atoms with van der Waals surface area (Å²) in [6.07, 6.45) is 0. The van der Waals surface area contributed by atoms with E-state index in [0.717, 1.165) is 0 Å². The van der Waals surface area contributed by atoms with Gasteiger partial charge in [0.05, 0.1) is 12.8 Å². The molecule has 86 valence electrons. The van der Waals surface area contributed by atoms with Crippen molar-refractivity contribution in [2.75, 3.05) is 12.4 Å². The van der Waals surface area contributed by atoms with Crippen molar-refractivity contribution >= 4 is 29.0 Å². The Bertz CT molecular complexity index is 397. The number of carbonyl (C=O) groups is 1. The number of urea groups is 1. The molecule has 1 aromatic carbocycles. The molecule has 0 aliphatic rings. The minimum atomic E-state index is -0.489. The number of hydrogen-bond acceptors (Lipinski definition) is 3. The van der Waals surface area contributed by atoms with Crippen molar-refractivity contribution in [3.63, 3.8) is 0 Å². The third-order valence-corrected chi connectivity index (χ3v) is 1.76. The Hall–Kier alpha value is -2.02. The fourth-order valence-corrected chi connectivity index (χ4v) is 1.07. The first-order chi connectivity index (χ1) is 7.63. The first-order valence-corrected chi connectivity index (χ1v) is 4.79. The summed E-state index contributed by atoms with van der Waals surface area (Å²) >= 11 is 4.53. The van der Waals surface area contributed by atoms with Crippen LogP contribution in [0.5, 0.6) is 5.75 Å². The van der Waals surface area contributed by atoms with Crippen molar-refractivity contribution in [3.8, 4) is 5.75 Å². The van der Waals surface area contributed by atoms with E-state index in [-0.39, 0.29) is 5.11 Å². The van der Waals surface area contributed by atoms with E-state index in [4.69, 9.17) is 10.5 Å². The normalized spacial score (nSPS) is 9.06. The zero-order valence-corrected chi connectivity index (χ0v) is 9.43. The molecule has 0 aliphatic heterocycles. The van der Waals surface area contributed by atoms with Gasteiger partial charge < -0.3 is 15.8 Å². The molecule has 0 saturated heterocycles. The maximum atomic E-state index is 11.3. The van der Waals surface area contributed by atoms with Crippen molar-refractivity contribution in [1.29, 1.82) is 0 Å². The monoisotopic (exact) mass is 240 g/mol. The number of hydrogen-bond donors (Lipinski definition) is 4. The lowest BCUT2D eigenvalue weighted by Gasteiger charge is -2.11. The number of carbonyl (C=O) groups excluding carboxylic acids is 1. The van der Waals surface area contributed by atoms with E-state index in [2.05, 4.69) is 28.4 Å². The summed E-state index contributed by atoms with van der Waals surface area (Å²) in [5, 5.41) is 2.55. The molecule has 0 unspecified atom stereocenters. The Morgan fingerprint density at radius 2 is 2.06 bits per heavy atom. The van der Waals surface area contributed by atoms with Gasteiger partial charge in [-0.1, -0.05) is 12.1 Å². The predicted molar refractivity (Wildman–Crippen MR) is 65.1 cm³/mol. The van der Waals surface area contributed by atoms with Gasteiger partial charge in [-0.05, 0) is 24.4 Å². The molecule has 0 spiro atoms. The van der Waals surface area contributed by atoms with Crippen molar-refractivity contribution < 1.29 is 9.53 Å². The summed E-state index contributed by atoms with van der Waals surface area (Å²) in [7, 11) is 1.52. The van der Waals surface area contributed by atoms with Crippen LogP contribution in [0.25, 0.3) is 0 Å². The van der Waals surface area contributed by atoms with Crippen molar-refractivity contribution in [2.45, 2.75) is 0 Å². The number of thiocarbonyl (C=S) groups is 1. The summed E-state index contributed by atoms with van der Waals surface area (Å²) in [5.74, 6) is 0.563. The maximum Gasteiger partial charge on any atom is 0.338 e. The third-order valence-electron chi connectivity index (χ3n) is 1.65. The number of anilines is 1. The van der Waals surface area contributed by atoms with E-state index in [1.807, 2.05) is 0 Å². The highest BCUT2D eigenvalue weighted by atomic mass is 32.1. The molecule has 6 nitrogen and oxygen atoms in total. The van der Waals surface area contributed by atoms with Gasteiger partial charge in [0.15, 0.2) is 5.11 Å². The van der Waals surface area contributed by atoms with Crippen LogP contribution in [0.4, 0.5) is 10.5 Å². The Labute approximate surface area is 98.1 Å². The lowest BCUT2D eigenvalue weighted by molar-refractivity contribution is 0.250. The topological polar surface area (TPSA) is 88.4 Å². The Morgan fingerprint density at radius 1 is 1.38 bits per heavy atom. The highest BCUT2D eigenvalue weighted by Gasteiger charge is 2.05. The van der Waals surface area contributed by atoms with Gasteiger partial charge in [0, 0.05) is 0 Å². The fraction of sp³-hybridized carbons (Fsp3) is 0.111. The van der Waals surface area contributed by atoms with E-state index in [1.165, 1.54) is 7.11 Å². The van der Waals surface area contributed by atoms with Gasteiger partial charge in [-0.15, -0.1) is 0 Å². The fourth-order valence-electron chi connectivity index (χ4n) is 1.02. The Kier molecular flexibility index (Phi) is 4.34. The van der Waals surface area contributed by atoms with Crippen LogP contribution >= 0.6 is 12.2 Å². The van der Waals surface area contributed by atoms with Crippen LogP contribution in [-0.2, 0) is 0 Å². The lowest BCUT2D eigenvalue weighted by Crippen LogP contribution is -2.46. The molecule has 0 radical (unpaired) electrons. The molecule has 0 atom stereocenters. The molecule has 0 aliphatic carbocycles. The molecule has 0 bridgehead atoms. The van der Waals surface area contributed by atoms with Gasteiger partial charge in [0.1, 0.15) is 5.75 Å². The number of amides is 2. The number of ether oxygens (including phenoxy) is 1. The molecule has 0 aromatic heterocycles. The molecule has 16 heavy (non-hydrogen) atoms. The zero-order chi connectivity index (χ0) is 12.0.